The summed E-state index contributed by atoms with van der Waals surface area (Å²) < 4.78 is 6.91. The van der Waals surface area contributed by atoms with Gasteiger partial charge in [0.05, 0.1) is 10.7 Å². The number of halogens is 1. The van der Waals surface area contributed by atoms with Gasteiger partial charge in [0.2, 0.25) is 0 Å². The summed E-state index contributed by atoms with van der Waals surface area (Å²) in [4.78, 5) is 0. The van der Waals surface area contributed by atoms with Crippen LogP contribution in [-0.2, 0) is 0 Å². The molecule has 2 nitrogen and oxygen atoms in total. The molecule has 108 valence electrons. The maximum atomic E-state index is 5.77. The summed E-state index contributed by atoms with van der Waals surface area (Å²) in [6, 6.07) is 2.03. The summed E-state index contributed by atoms with van der Waals surface area (Å²) in [5.41, 5.74) is 0. The predicted molar refractivity (Wildman–Crippen MR) is 83.4 cm³/mol. The highest BCUT2D eigenvalue weighted by molar-refractivity contribution is 9.10. The fourth-order valence-corrected chi connectivity index (χ4v) is 3.83. The minimum Gasteiger partial charge on any atom is -0.468 e. The van der Waals surface area contributed by atoms with Crippen molar-refractivity contribution >= 4 is 15.9 Å². The van der Waals surface area contributed by atoms with Crippen molar-refractivity contribution in [3.8, 4) is 0 Å². The molecule has 0 aliphatic heterocycles. The van der Waals surface area contributed by atoms with Crippen molar-refractivity contribution in [3.63, 3.8) is 0 Å². The van der Waals surface area contributed by atoms with Crippen LogP contribution >= 0.6 is 15.9 Å². The van der Waals surface area contributed by atoms with Gasteiger partial charge < -0.3 is 9.73 Å². The Hall–Kier alpha value is -0.280. The van der Waals surface area contributed by atoms with Gasteiger partial charge in [0, 0.05) is 5.92 Å². The number of nitrogens with one attached hydrogen (secondary N) is 1. The molecule has 1 aliphatic rings. The summed E-state index contributed by atoms with van der Waals surface area (Å²) >= 11 is 3.64. The third kappa shape index (κ3) is 3.63. The zero-order valence-corrected chi connectivity index (χ0v) is 13.9. The van der Waals surface area contributed by atoms with Gasteiger partial charge in [0.15, 0.2) is 0 Å². The summed E-state index contributed by atoms with van der Waals surface area (Å²) in [6.07, 6.45) is 5.75. The highest BCUT2D eigenvalue weighted by Crippen LogP contribution is 2.45. The van der Waals surface area contributed by atoms with E-state index in [-0.39, 0.29) is 0 Å². The second kappa shape index (κ2) is 6.94. The highest BCUT2D eigenvalue weighted by Gasteiger charge is 2.35. The Bertz CT molecular complexity index is 388. The number of furan rings is 1. The monoisotopic (exact) mass is 327 g/mol. The first-order chi connectivity index (χ1) is 9.13. The molecule has 1 N–H and O–H groups in total. The van der Waals surface area contributed by atoms with E-state index in [9.17, 15) is 0 Å². The van der Waals surface area contributed by atoms with Gasteiger partial charge in [0.1, 0.15) is 5.76 Å². The number of hydrogen-bond acceptors (Lipinski definition) is 2. The fourth-order valence-electron chi connectivity index (χ4n) is 3.34. The molecule has 1 fully saturated rings. The number of hydrogen-bond donors (Lipinski definition) is 1. The summed E-state index contributed by atoms with van der Waals surface area (Å²) in [6.45, 7) is 9.04. The Morgan fingerprint density at radius 1 is 1.42 bits per heavy atom. The van der Waals surface area contributed by atoms with Crippen LogP contribution < -0.4 is 5.32 Å². The molecule has 0 radical (unpaired) electrons. The minimum absolute atomic E-state index is 0.560. The van der Waals surface area contributed by atoms with Gasteiger partial charge in [-0.25, -0.2) is 0 Å². The van der Waals surface area contributed by atoms with Crippen LogP contribution in [0.25, 0.3) is 0 Å². The van der Waals surface area contributed by atoms with Gasteiger partial charge in [-0.15, -0.1) is 0 Å². The van der Waals surface area contributed by atoms with Gasteiger partial charge in [-0.2, -0.15) is 0 Å². The van der Waals surface area contributed by atoms with Crippen LogP contribution in [0, 0.1) is 17.8 Å². The maximum Gasteiger partial charge on any atom is 0.121 e. The van der Waals surface area contributed by atoms with E-state index in [1.54, 1.807) is 0 Å². The van der Waals surface area contributed by atoms with E-state index in [0.29, 0.717) is 11.8 Å². The van der Waals surface area contributed by atoms with Crippen molar-refractivity contribution in [2.24, 2.45) is 17.8 Å². The van der Waals surface area contributed by atoms with Crippen LogP contribution in [0.1, 0.15) is 51.7 Å². The fraction of sp³-hybridized carbons (Fsp3) is 0.750. The average molecular weight is 328 g/mol. The Labute approximate surface area is 125 Å². The molecule has 3 unspecified atom stereocenters. The molecule has 0 amide bonds. The van der Waals surface area contributed by atoms with E-state index in [4.69, 9.17) is 4.42 Å². The molecule has 1 saturated carbocycles. The summed E-state index contributed by atoms with van der Waals surface area (Å²) in [7, 11) is 0. The van der Waals surface area contributed by atoms with Crippen LogP contribution in [0.2, 0.25) is 0 Å². The topological polar surface area (TPSA) is 25.2 Å². The smallest absolute Gasteiger partial charge is 0.121 e. The quantitative estimate of drug-likeness (QED) is 0.839. The molecule has 3 atom stereocenters. The number of rotatable bonds is 5. The first kappa shape index (κ1) is 15.1. The van der Waals surface area contributed by atoms with Crippen LogP contribution in [0.4, 0.5) is 0 Å². The summed E-state index contributed by atoms with van der Waals surface area (Å²) in [5.74, 6) is 4.03. The molecule has 2 rings (SSSR count). The van der Waals surface area contributed by atoms with E-state index in [1.807, 2.05) is 12.3 Å². The van der Waals surface area contributed by atoms with Crippen LogP contribution in [-0.4, -0.2) is 13.1 Å². The molecule has 0 bridgehead atoms. The normalized spacial score (nSPS) is 27.9. The lowest BCUT2D eigenvalue weighted by Crippen LogP contribution is -2.33. The van der Waals surface area contributed by atoms with Crippen molar-refractivity contribution < 1.29 is 4.42 Å². The van der Waals surface area contributed by atoms with Crippen LogP contribution in [0.5, 0.6) is 0 Å². The second-order valence-electron chi connectivity index (χ2n) is 6.12. The lowest BCUT2D eigenvalue weighted by Gasteiger charge is -2.37. The van der Waals surface area contributed by atoms with E-state index < -0.39 is 0 Å². The molecule has 0 spiro atoms. The van der Waals surface area contributed by atoms with Gasteiger partial charge in [0.25, 0.3) is 0 Å². The molecular formula is C16H26BrNO. The molecule has 1 aliphatic carbocycles. The molecular weight excluding hydrogens is 302 g/mol. The Morgan fingerprint density at radius 3 is 2.79 bits per heavy atom. The van der Waals surface area contributed by atoms with Crippen molar-refractivity contribution in [2.45, 2.75) is 46.0 Å². The Morgan fingerprint density at radius 2 is 2.21 bits per heavy atom. The van der Waals surface area contributed by atoms with Crippen molar-refractivity contribution in [1.29, 1.82) is 0 Å². The molecule has 1 aromatic heterocycles. The molecule has 19 heavy (non-hydrogen) atoms. The second-order valence-corrected chi connectivity index (χ2v) is 6.98. The van der Waals surface area contributed by atoms with Crippen LogP contribution in [0.3, 0.4) is 0 Å². The lowest BCUT2D eigenvalue weighted by atomic mass is 9.69. The lowest BCUT2D eigenvalue weighted by molar-refractivity contribution is 0.175. The van der Waals surface area contributed by atoms with Crippen LogP contribution in [0.15, 0.2) is 21.2 Å². The third-order valence-electron chi connectivity index (χ3n) is 4.61. The van der Waals surface area contributed by atoms with E-state index >= 15 is 0 Å². The SMILES string of the molecule is CCNCC1CCC(C(C)C)CC1c1occc1Br. The van der Waals surface area contributed by atoms with E-state index in [1.165, 1.54) is 19.3 Å². The van der Waals surface area contributed by atoms with Crippen molar-refractivity contribution in [1.82, 2.24) is 5.32 Å². The molecule has 3 heteroatoms. The minimum atomic E-state index is 0.560. The average Bonchev–Trinajstić information content (AvgIpc) is 2.82. The zero-order valence-electron chi connectivity index (χ0n) is 12.3. The molecule has 1 aromatic rings. The summed E-state index contributed by atoms with van der Waals surface area (Å²) in [5, 5.41) is 3.52. The first-order valence-corrected chi connectivity index (χ1v) is 8.36. The maximum absolute atomic E-state index is 5.77. The van der Waals surface area contributed by atoms with Gasteiger partial charge >= 0.3 is 0 Å². The van der Waals surface area contributed by atoms with Crippen molar-refractivity contribution in [2.75, 3.05) is 13.1 Å². The van der Waals surface area contributed by atoms with Gasteiger partial charge in [-0.3, -0.25) is 0 Å². The van der Waals surface area contributed by atoms with Gasteiger partial charge in [-0.05, 0) is 72.1 Å². The predicted octanol–water partition coefficient (Wildman–Crippen LogP) is 4.81. The zero-order chi connectivity index (χ0) is 13.8. The van der Waals surface area contributed by atoms with Gasteiger partial charge in [-0.1, -0.05) is 20.8 Å². The first-order valence-electron chi connectivity index (χ1n) is 7.57. The Kier molecular flexibility index (Phi) is 5.52. The van der Waals surface area contributed by atoms with E-state index in [2.05, 4.69) is 42.0 Å². The largest absolute Gasteiger partial charge is 0.468 e. The standard InChI is InChI=1S/C16H26BrNO/c1-4-18-10-13-6-5-12(11(2)3)9-14(13)16-15(17)7-8-19-16/h7-8,11-14,18H,4-6,9-10H2,1-3H3. The molecule has 0 saturated heterocycles. The van der Waals surface area contributed by atoms with Crippen molar-refractivity contribution in [3.05, 3.63) is 22.6 Å². The van der Waals surface area contributed by atoms with E-state index in [0.717, 1.165) is 35.2 Å². The Balaban J connectivity index is 2.13. The highest BCUT2D eigenvalue weighted by atomic mass is 79.9. The molecule has 0 aromatic carbocycles. The molecule has 1 heterocycles. The third-order valence-corrected chi connectivity index (χ3v) is 5.27.